The van der Waals surface area contributed by atoms with E-state index in [-0.39, 0.29) is 5.41 Å². The minimum Gasteiger partial charge on any atom is -0.301 e. The lowest BCUT2D eigenvalue weighted by atomic mass is 9.95. The smallest absolute Gasteiger partial charge is 0.225 e. The van der Waals surface area contributed by atoms with E-state index in [1.165, 1.54) is 12.8 Å². The van der Waals surface area contributed by atoms with Gasteiger partial charge in [-0.25, -0.2) is 0 Å². The van der Waals surface area contributed by atoms with Gasteiger partial charge in [-0.05, 0) is 18.0 Å². The van der Waals surface area contributed by atoms with Gasteiger partial charge in [0.25, 0.3) is 0 Å². The van der Waals surface area contributed by atoms with Crippen molar-refractivity contribution in [2.24, 2.45) is 0 Å². The first-order chi connectivity index (χ1) is 6.96. The van der Waals surface area contributed by atoms with E-state index < -0.39 is 0 Å². The summed E-state index contributed by atoms with van der Waals surface area (Å²) in [6.45, 7) is 9.50. The first-order valence-corrected chi connectivity index (χ1v) is 5.93. The van der Waals surface area contributed by atoms with Gasteiger partial charge >= 0.3 is 0 Å². The Morgan fingerprint density at radius 1 is 1.20 bits per heavy atom. The molecule has 15 heavy (non-hydrogen) atoms. The van der Waals surface area contributed by atoms with Crippen LogP contribution in [0.25, 0.3) is 0 Å². The molecule has 0 saturated carbocycles. The van der Waals surface area contributed by atoms with Crippen LogP contribution in [0.3, 0.4) is 0 Å². The normalized spacial score (nSPS) is 12.1. The third-order valence-electron chi connectivity index (χ3n) is 2.36. The average molecular weight is 230 g/mol. The fourth-order valence-corrected chi connectivity index (χ4v) is 1.76. The van der Waals surface area contributed by atoms with Crippen molar-refractivity contribution in [2.75, 3.05) is 0 Å². The molecule has 3 nitrogen and oxygen atoms in total. The molecule has 1 aromatic heterocycles. The van der Waals surface area contributed by atoms with Gasteiger partial charge in [0.15, 0.2) is 0 Å². The summed E-state index contributed by atoms with van der Waals surface area (Å²) in [5, 5.41) is 8.60. The van der Waals surface area contributed by atoms with Crippen LogP contribution in [0, 0.1) is 0 Å². The molecule has 0 N–H and O–H groups in total. The second kappa shape index (κ2) is 4.97. The molecule has 0 saturated heterocycles. The number of halogens is 1. The summed E-state index contributed by atoms with van der Waals surface area (Å²) in [6, 6.07) is 0. The van der Waals surface area contributed by atoms with Crippen LogP contribution in [0.2, 0.25) is 5.28 Å². The lowest BCUT2D eigenvalue weighted by molar-refractivity contribution is 0.484. The Morgan fingerprint density at radius 2 is 1.87 bits per heavy atom. The molecule has 1 heterocycles. The molecule has 1 rings (SSSR count). The lowest BCUT2D eigenvalue weighted by Crippen LogP contribution is -2.19. The Labute approximate surface area is 96.8 Å². The van der Waals surface area contributed by atoms with Crippen molar-refractivity contribution in [3.8, 4) is 0 Å². The monoisotopic (exact) mass is 229 g/mol. The maximum absolute atomic E-state index is 6.02. The Morgan fingerprint density at radius 3 is 2.40 bits per heavy atom. The minimum absolute atomic E-state index is 0.00630. The molecule has 0 atom stereocenters. The standard InChI is InChI=1S/C11H20ClN3/c1-5-6-7-8-15-9(11(2,3)4)13-14-10(15)12/h5-8H2,1-4H3. The summed E-state index contributed by atoms with van der Waals surface area (Å²) in [7, 11) is 0. The number of rotatable bonds is 4. The Kier molecular flexibility index (Phi) is 4.14. The molecule has 86 valence electrons. The highest BCUT2D eigenvalue weighted by atomic mass is 35.5. The molecule has 0 radical (unpaired) electrons. The topological polar surface area (TPSA) is 30.7 Å². The van der Waals surface area contributed by atoms with Crippen LogP contribution in [-0.2, 0) is 12.0 Å². The molecule has 0 aliphatic heterocycles. The highest BCUT2D eigenvalue weighted by molar-refractivity contribution is 6.28. The van der Waals surface area contributed by atoms with Gasteiger partial charge in [-0.3, -0.25) is 0 Å². The van der Waals surface area contributed by atoms with Gasteiger partial charge in [-0.2, -0.15) is 0 Å². The summed E-state index contributed by atoms with van der Waals surface area (Å²) >= 11 is 6.02. The first kappa shape index (κ1) is 12.5. The fourth-order valence-electron chi connectivity index (χ4n) is 1.56. The van der Waals surface area contributed by atoms with Crippen LogP contribution >= 0.6 is 11.6 Å². The number of nitrogens with zero attached hydrogens (tertiary/aromatic N) is 3. The fraction of sp³-hybridized carbons (Fsp3) is 0.818. The van der Waals surface area contributed by atoms with Crippen LogP contribution in [0.5, 0.6) is 0 Å². The molecule has 0 aromatic carbocycles. The average Bonchev–Trinajstić information content (AvgIpc) is 2.48. The summed E-state index contributed by atoms with van der Waals surface area (Å²) in [5.74, 6) is 0.976. The molecular weight excluding hydrogens is 210 g/mol. The summed E-state index contributed by atoms with van der Waals surface area (Å²) < 4.78 is 2.03. The molecule has 1 aromatic rings. The third-order valence-corrected chi connectivity index (χ3v) is 2.64. The zero-order chi connectivity index (χ0) is 11.5. The van der Waals surface area contributed by atoms with Crippen molar-refractivity contribution in [3.05, 3.63) is 11.1 Å². The molecule has 0 amide bonds. The zero-order valence-corrected chi connectivity index (χ0v) is 10.8. The molecule has 0 aliphatic carbocycles. The van der Waals surface area contributed by atoms with Crippen molar-refractivity contribution in [1.82, 2.24) is 14.8 Å². The molecule has 0 fully saturated rings. The zero-order valence-electron chi connectivity index (χ0n) is 10.0. The summed E-state index contributed by atoms with van der Waals surface area (Å²) in [6.07, 6.45) is 3.57. The molecule has 4 heteroatoms. The van der Waals surface area contributed by atoms with Crippen molar-refractivity contribution >= 4 is 11.6 Å². The van der Waals surface area contributed by atoms with E-state index in [2.05, 4.69) is 37.9 Å². The Bertz CT molecular complexity index is 312. The van der Waals surface area contributed by atoms with Crippen molar-refractivity contribution in [1.29, 1.82) is 0 Å². The predicted molar refractivity (Wildman–Crippen MR) is 63.3 cm³/mol. The number of hydrogen-bond acceptors (Lipinski definition) is 2. The van der Waals surface area contributed by atoms with Crippen LogP contribution < -0.4 is 0 Å². The van der Waals surface area contributed by atoms with E-state index >= 15 is 0 Å². The lowest BCUT2D eigenvalue weighted by Gasteiger charge is -2.18. The van der Waals surface area contributed by atoms with Gasteiger partial charge in [-0.1, -0.05) is 40.5 Å². The Hall–Kier alpha value is -0.570. The number of aromatic nitrogens is 3. The van der Waals surface area contributed by atoms with E-state index in [1.54, 1.807) is 0 Å². The maximum atomic E-state index is 6.02. The molecular formula is C11H20ClN3. The quantitative estimate of drug-likeness (QED) is 0.741. The maximum Gasteiger partial charge on any atom is 0.225 e. The summed E-state index contributed by atoms with van der Waals surface area (Å²) in [5.41, 5.74) is 0.00630. The first-order valence-electron chi connectivity index (χ1n) is 5.56. The molecule has 0 bridgehead atoms. The Balaban J connectivity index is 2.80. The van der Waals surface area contributed by atoms with Crippen molar-refractivity contribution in [3.63, 3.8) is 0 Å². The molecule has 0 spiro atoms. The van der Waals surface area contributed by atoms with E-state index in [1.807, 2.05) is 4.57 Å². The predicted octanol–water partition coefficient (Wildman–Crippen LogP) is 3.42. The van der Waals surface area contributed by atoms with Gasteiger partial charge in [0.1, 0.15) is 5.82 Å². The van der Waals surface area contributed by atoms with Gasteiger partial charge in [-0.15, -0.1) is 10.2 Å². The van der Waals surface area contributed by atoms with Crippen LogP contribution in [-0.4, -0.2) is 14.8 Å². The van der Waals surface area contributed by atoms with Crippen LogP contribution in [0.15, 0.2) is 0 Å². The highest BCUT2D eigenvalue weighted by Gasteiger charge is 2.22. The highest BCUT2D eigenvalue weighted by Crippen LogP contribution is 2.23. The van der Waals surface area contributed by atoms with Gasteiger partial charge in [0, 0.05) is 12.0 Å². The van der Waals surface area contributed by atoms with E-state index in [4.69, 9.17) is 11.6 Å². The minimum atomic E-state index is 0.00630. The van der Waals surface area contributed by atoms with Crippen LogP contribution in [0.1, 0.15) is 52.8 Å². The van der Waals surface area contributed by atoms with Crippen molar-refractivity contribution < 1.29 is 0 Å². The summed E-state index contributed by atoms with van der Waals surface area (Å²) in [4.78, 5) is 0. The second-order valence-corrected chi connectivity index (χ2v) is 5.24. The third kappa shape index (κ3) is 3.20. The van der Waals surface area contributed by atoms with Crippen molar-refractivity contribution in [2.45, 2.75) is 58.9 Å². The van der Waals surface area contributed by atoms with Gasteiger partial charge in [0.05, 0.1) is 0 Å². The van der Waals surface area contributed by atoms with E-state index in [0.717, 1.165) is 18.8 Å². The van der Waals surface area contributed by atoms with E-state index in [9.17, 15) is 0 Å². The number of hydrogen-bond donors (Lipinski definition) is 0. The molecule has 0 aliphatic rings. The SMILES string of the molecule is CCCCCn1c(Cl)nnc1C(C)(C)C. The largest absolute Gasteiger partial charge is 0.301 e. The van der Waals surface area contributed by atoms with Gasteiger partial charge in [0.2, 0.25) is 5.28 Å². The number of unbranched alkanes of at least 4 members (excludes halogenated alkanes) is 2. The van der Waals surface area contributed by atoms with E-state index in [0.29, 0.717) is 5.28 Å². The van der Waals surface area contributed by atoms with Crippen LogP contribution in [0.4, 0.5) is 0 Å². The van der Waals surface area contributed by atoms with Gasteiger partial charge < -0.3 is 4.57 Å². The second-order valence-electron chi connectivity index (χ2n) is 4.90. The molecule has 0 unspecified atom stereocenters.